The average molecular weight is 355 g/mol. The molecule has 4 heteroatoms. The molecule has 0 N–H and O–H groups in total. The molecule has 27 heavy (non-hydrogen) atoms. The number of carbonyl (C=O) groups is 1. The summed E-state index contributed by atoms with van der Waals surface area (Å²) in [6.07, 6.45) is 0.442. The van der Waals surface area contributed by atoms with E-state index in [4.69, 9.17) is 0 Å². The van der Waals surface area contributed by atoms with Crippen LogP contribution in [0, 0.1) is 0 Å². The molecule has 0 spiro atoms. The smallest absolute Gasteiger partial charge is 0.130 e. The van der Waals surface area contributed by atoms with E-state index in [0.717, 1.165) is 22.2 Å². The minimum absolute atomic E-state index is 0.0313. The summed E-state index contributed by atoms with van der Waals surface area (Å²) in [7, 11) is 0. The molecule has 3 aromatic carbocycles. The largest absolute Gasteiger partial charge is 0.300 e. The summed E-state index contributed by atoms with van der Waals surface area (Å²) in [6.45, 7) is 1.65. The first-order valence-corrected chi connectivity index (χ1v) is 9.13. The molecule has 0 amide bonds. The third-order valence-corrected chi connectivity index (χ3v) is 4.90. The summed E-state index contributed by atoms with van der Waals surface area (Å²) in [5, 5.41) is 8.83. The molecule has 4 nitrogen and oxygen atoms in total. The molecule has 0 saturated carbocycles. The maximum Gasteiger partial charge on any atom is 0.130 e. The lowest BCUT2D eigenvalue weighted by Gasteiger charge is -2.28. The number of fused-ring (bicyclic) bond motifs is 1. The standard InChI is InChI=1S/C23H21N3O/c1-17(27)16-20(18-10-4-2-5-11-18)23(19-12-6-3-7-13-19)26-22-15-9-8-14-21(22)24-25-26/h2-15,20,23H,16H2,1H3. The highest BCUT2D eigenvalue weighted by atomic mass is 16.1. The predicted octanol–water partition coefficient (Wildman–Crippen LogP) is 4.78. The number of benzene rings is 3. The van der Waals surface area contributed by atoms with Gasteiger partial charge in [-0.15, -0.1) is 5.10 Å². The predicted molar refractivity (Wildman–Crippen MR) is 107 cm³/mol. The van der Waals surface area contributed by atoms with E-state index in [1.165, 1.54) is 0 Å². The number of rotatable bonds is 6. The zero-order valence-corrected chi connectivity index (χ0v) is 15.2. The Morgan fingerprint density at radius 3 is 2.11 bits per heavy atom. The van der Waals surface area contributed by atoms with Crippen LogP contribution in [0.15, 0.2) is 84.9 Å². The summed E-state index contributed by atoms with van der Waals surface area (Å²) in [5.74, 6) is 0.130. The van der Waals surface area contributed by atoms with Gasteiger partial charge in [0.25, 0.3) is 0 Å². The van der Waals surface area contributed by atoms with Gasteiger partial charge in [0.1, 0.15) is 11.3 Å². The second-order valence-corrected chi connectivity index (χ2v) is 6.80. The molecule has 0 aliphatic rings. The first-order chi connectivity index (χ1) is 13.2. The Labute approximate surface area is 158 Å². The van der Waals surface area contributed by atoms with E-state index in [0.29, 0.717) is 6.42 Å². The van der Waals surface area contributed by atoms with Gasteiger partial charge in [0.2, 0.25) is 0 Å². The lowest BCUT2D eigenvalue weighted by Crippen LogP contribution is -2.22. The normalized spacial score (nSPS) is 13.4. The molecule has 4 rings (SSSR count). The van der Waals surface area contributed by atoms with Crippen molar-refractivity contribution < 1.29 is 4.79 Å². The van der Waals surface area contributed by atoms with Crippen LogP contribution in [0.3, 0.4) is 0 Å². The van der Waals surface area contributed by atoms with Crippen molar-refractivity contribution in [1.82, 2.24) is 15.0 Å². The molecule has 1 aromatic heterocycles. The summed E-state index contributed by atoms with van der Waals surface area (Å²) in [4.78, 5) is 12.2. The number of ketones is 1. The van der Waals surface area contributed by atoms with E-state index < -0.39 is 0 Å². The van der Waals surface area contributed by atoms with Gasteiger partial charge in [0.05, 0.1) is 11.6 Å². The molecule has 1 heterocycles. The van der Waals surface area contributed by atoms with Crippen LogP contribution in [-0.4, -0.2) is 20.8 Å². The van der Waals surface area contributed by atoms with E-state index in [1.54, 1.807) is 6.92 Å². The van der Waals surface area contributed by atoms with Crippen LogP contribution in [-0.2, 0) is 4.79 Å². The number of nitrogens with zero attached hydrogens (tertiary/aromatic N) is 3. The number of aromatic nitrogens is 3. The van der Waals surface area contributed by atoms with Crippen LogP contribution in [0.5, 0.6) is 0 Å². The molecule has 2 unspecified atom stereocenters. The molecule has 0 aliphatic carbocycles. The van der Waals surface area contributed by atoms with Gasteiger partial charge in [-0.2, -0.15) is 0 Å². The SMILES string of the molecule is CC(=O)CC(c1ccccc1)C(c1ccccc1)n1nnc2ccccc21. The molecular formula is C23H21N3O. The van der Waals surface area contributed by atoms with Crippen LogP contribution in [0.1, 0.15) is 36.4 Å². The van der Waals surface area contributed by atoms with E-state index >= 15 is 0 Å². The van der Waals surface area contributed by atoms with E-state index in [-0.39, 0.29) is 17.7 Å². The topological polar surface area (TPSA) is 47.8 Å². The zero-order chi connectivity index (χ0) is 18.6. The maximum absolute atomic E-state index is 12.2. The monoisotopic (exact) mass is 355 g/mol. The number of hydrogen-bond donors (Lipinski definition) is 0. The Kier molecular flexibility index (Phi) is 4.79. The molecule has 4 aromatic rings. The molecule has 134 valence electrons. The van der Waals surface area contributed by atoms with Gasteiger partial charge in [-0.05, 0) is 30.2 Å². The van der Waals surface area contributed by atoms with Crippen LogP contribution in [0.4, 0.5) is 0 Å². The third-order valence-electron chi connectivity index (χ3n) is 4.90. The highest BCUT2D eigenvalue weighted by Gasteiger charge is 2.29. The molecule has 2 atom stereocenters. The van der Waals surface area contributed by atoms with E-state index in [2.05, 4.69) is 34.6 Å². The number of hydrogen-bond acceptors (Lipinski definition) is 3. The molecule has 0 aliphatic heterocycles. The van der Waals surface area contributed by atoms with Gasteiger partial charge in [0, 0.05) is 12.3 Å². The molecule has 0 radical (unpaired) electrons. The van der Waals surface area contributed by atoms with Crippen molar-refractivity contribution in [3.8, 4) is 0 Å². The summed E-state index contributed by atoms with van der Waals surface area (Å²) in [6, 6.07) is 28.3. The highest BCUT2D eigenvalue weighted by molar-refractivity contribution is 5.77. The lowest BCUT2D eigenvalue weighted by atomic mass is 9.83. The van der Waals surface area contributed by atoms with Crippen molar-refractivity contribution in [2.24, 2.45) is 0 Å². The number of Topliss-reactive ketones (excluding diaryl/α,β-unsaturated/α-hetero) is 1. The molecule has 0 fully saturated rings. The van der Waals surface area contributed by atoms with Crippen LogP contribution in [0.25, 0.3) is 11.0 Å². The molecule has 0 bridgehead atoms. The number of carbonyl (C=O) groups excluding carboxylic acids is 1. The van der Waals surface area contributed by atoms with Gasteiger partial charge in [-0.1, -0.05) is 78.0 Å². The van der Waals surface area contributed by atoms with Gasteiger partial charge in [-0.3, -0.25) is 0 Å². The van der Waals surface area contributed by atoms with E-state index in [1.807, 2.05) is 65.3 Å². The summed E-state index contributed by atoms with van der Waals surface area (Å²) in [5.41, 5.74) is 4.06. The van der Waals surface area contributed by atoms with Gasteiger partial charge in [-0.25, -0.2) is 4.68 Å². The number of para-hydroxylation sites is 1. The minimum atomic E-state index is -0.120. The Morgan fingerprint density at radius 2 is 1.44 bits per heavy atom. The Bertz CT molecular complexity index is 1040. The van der Waals surface area contributed by atoms with Crippen molar-refractivity contribution in [2.75, 3.05) is 0 Å². The first-order valence-electron chi connectivity index (χ1n) is 9.13. The summed E-state index contributed by atoms with van der Waals surface area (Å²) >= 11 is 0. The van der Waals surface area contributed by atoms with Crippen LogP contribution in [0.2, 0.25) is 0 Å². The highest BCUT2D eigenvalue weighted by Crippen LogP contribution is 2.38. The Hall–Kier alpha value is -3.27. The molecular weight excluding hydrogens is 334 g/mol. The maximum atomic E-state index is 12.2. The van der Waals surface area contributed by atoms with Gasteiger partial charge < -0.3 is 4.79 Å². The molecule has 0 saturated heterocycles. The van der Waals surface area contributed by atoms with Crippen LogP contribution < -0.4 is 0 Å². The van der Waals surface area contributed by atoms with Crippen LogP contribution >= 0.6 is 0 Å². The average Bonchev–Trinajstić information content (AvgIpc) is 3.13. The van der Waals surface area contributed by atoms with Crippen molar-refractivity contribution >= 4 is 16.8 Å². The summed E-state index contributed by atoms with van der Waals surface area (Å²) < 4.78 is 1.96. The second-order valence-electron chi connectivity index (χ2n) is 6.80. The Balaban J connectivity index is 1.92. The third kappa shape index (κ3) is 3.51. The second kappa shape index (κ2) is 7.54. The quantitative estimate of drug-likeness (QED) is 0.500. The fourth-order valence-corrected chi connectivity index (χ4v) is 3.71. The van der Waals surface area contributed by atoms with Gasteiger partial charge in [0.15, 0.2) is 0 Å². The van der Waals surface area contributed by atoms with Gasteiger partial charge >= 0.3 is 0 Å². The lowest BCUT2D eigenvalue weighted by molar-refractivity contribution is -0.117. The van der Waals surface area contributed by atoms with Crippen molar-refractivity contribution in [3.63, 3.8) is 0 Å². The fraction of sp³-hybridized carbons (Fsp3) is 0.174. The zero-order valence-electron chi connectivity index (χ0n) is 15.2. The fourth-order valence-electron chi connectivity index (χ4n) is 3.71. The van der Waals surface area contributed by atoms with Crippen molar-refractivity contribution in [2.45, 2.75) is 25.3 Å². The minimum Gasteiger partial charge on any atom is -0.300 e. The van der Waals surface area contributed by atoms with Crippen molar-refractivity contribution in [3.05, 3.63) is 96.1 Å². The Morgan fingerprint density at radius 1 is 0.852 bits per heavy atom. The first kappa shape index (κ1) is 17.2. The van der Waals surface area contributed by atoms with E-state index in [9.17, 15) is 4.79 Å². The van der Waals surface area contributed by atoms with Crippen molar-refractivity contribution in [1.29, 1.82) is 0 Å².